The van der Waals surface area contributed by atoms with Crippen LogP contribution in [0.5, 0.6) is 0 Å². The number of methoxy groups -OCH3 is 1. The molecule has 1 aliphatic heterocycles. The number of anilines is 1. The van der Waals surface area contributed by atoms with Gasteiger partial charge in [0.1, 0.15) is 18.2 Å². The molecular formula is C29H29F3N6O3. The molecular weight excluding hydrogens is 537 g/mol. The number of hydrogen-bond acceptors (Lipinski definition) is 7. The molecule has 0 spiro atoms. The molecule has 0 aliphatic carbocycles. The summed E-state index contributed by atoms with van der Waals surface area (Å²) in [6.45, 7) is 2.70. The monoisotopic (exact) mass is 566 g/mol. The van der Waals surface area contributed by atoms with E-state index in [0.717, 1.165) is 22.5 Å². The second-order valence-electron chi connectivity index (χ2n) is 9.89. The molecule has 0 unspecified atom stereocenters. The smallest absolute Gasteiger partial charge is 0.375 e. The van der Waals surface area contributed by atoms with Crippen molar-refractivity contribution in [2.75, 3.05) is 44.8 Å². The standard InChI is InChI=1S/C29H29F3N6O3/c1-41-19-28(40)37-11-9-36(10-12-37)26-6-5-22(16-33-26)23-15-27-34-18-25(38(27)35-17-23)21-4-2-3-20(13-21)14-24(39)7-8-29(30,31)32/h2-6,13,15-18H,7-12,14,19H2,1H3. The number of pyridine rings is 1. The molecule has 1 fully saturated rings. The van der Waals surface area contributed by atoms with E-state index in [4.69, 9.17) is 4.74 Å². The number of piperazine rings is 1. The van der Waals surface area contributed by atoms with Crippen LogP contribution in [0.1, 0.15) is 18.4 Å². The van der Waals surface area contributed by atoms with Crippen LogP contribution in [0.2, 0.25) is 0 Å². The van der Waals surface area contributed by atoms with Crippen molar-refractivity contribution in [1.29, 1.82) is 0 Å². The molecule has 12 heteroatoms. The molecule has 4 aromatic rings. The van der Waals surface area contributed by atoms with E-state index in [1.807, 2.05) is 24.3 Å². The predicted molar refractivity (Wildman–Crippen MR) is 146 cm³/mol. The van der Waals surface area contributed by atoms with Crippen molar-refractivity contribution in [3.8, 4) is 22.4 Å². The number of benzene rings is 1. The summed E-state index contributed by atoms with van der Waals surface area (Å²) in [7, 11) is 1.51. The van der Waals surface area contributed by atoms with Gasteiger partial charge in [-0.3, -0.25) is 9.59 Å². The Kier molecular flexibility index (Phi) is 8.29. The average Bonchev–Trinajstić information content (AvgIpc) is 3.40. The zero-order valence-electron chi connectivity index (χ0n) is 22.5. The van der Waals surface area contributed by atoms with E-state index in [9.17, 15) is 22.8 Å². The van der Waals surface area contributed by atoms with Gasteiger partial charge in [-0.05, 0) is 29.8 Å². The Morgan fingerprint density at radius 2 is 1.73 bits per heavy atom. The summed E-state index contributed by atoms with van der Waals surface area (Å²) in [4.78, 5) is 37.1. The lowest BCUT2D eigenvalue weighted by Gasteiger charge is -2.35. The van der Waals surface area contributed by atoms with Crippen molar-refractivity contribution in [2.24, 2.45) is 0 Å². The van der Waals surface area contributed by atoms with Crippen LogP contribution in [0.4, 0.5) is 19.0 Å². The second kappa shape index (κ2) is 12.0. The van der Waals surface area contributed by atoms with E-state index < -0.39 is 24.8 Å². The summed E-state index contributed by atoms with van der Waals surface area (Å²) in [5.74, 6) is 0.365. The van der Waals surface area contributed by atoms with E-state index in [2.05, 4.69) is 20.0 Å². The summed E-state index contributed by atoms with van der Waals surface area (Å²) in [5, 5.41) is 4.57. The number of amides is 1. The Labute approximate surface area is 234 Å². The third-order valence-electron chi connectivity index (χ3n) is 6.98. The number of fused-ring (bicyclic) bond motifs is 1. The van der Waals surface area contributed by atoms with Crippen LogP contribution in [0, 0.1) is 0 Å². The fourth-order valence-electron chi connectivity index (χ4n) is 4.81. The maximum absolute atomic E-state index is 12.5. The quantitative estimate of drug-likeness (QED) is 0.300. The highest BCUT2D eigenvalue weighted by Crippen LogP contribution is 2.26. The number of nitrogens with zero attached hydrogens (tertiary/aromatic N) is 6. The first kappa shape index (κ1) is 28.2. The topological polar surface area (TPSA) is 92.9 Å². The molecule has 41 heavy (non-hydrogen) atoms. The normalized spacial score (nSPS) is 14.0. The molecule has 0 bridgehead atoms. The van der Waals surface area contributed by atoms with Crippen molar-refractivity contribution in [3.05, 3.63) is 66.6 Å². The fraction of sp³-hybridized carbons (Fsp3) is 0.345. The first-order chi connectivity index (χ1) is 19.7. The van der Waals surface area contributed by atoms with Gasteiger partial charge in [0.05, 0.1) is 24.5 Å². The molecule has 0 radical (unpaired) electrons. The molecule has 3 aromatic heterocycles. The van der Waals surface area contributed by atoms with Gasteiger partial charge in [-0.1, -0.05) is 18.2 Å². The van der Waals surface area contributed by atoms with Gasteiger partial charge in [0.2, 0.25) is 5.91 Å². The molecule has 9 nitrogen and oxygen atoms in total. The Morgan fingerprint density at radius 1 is 0.927 bits per heavy atom. The number of ketones is 1. The molecule has 1 aliphatic rings. The number of ether oxygens (including phenoxy) is 1. The Balaban J connectivity index is 1.26. The Morgan fingerprint density at radius 3 is 2.44 bits per heavy atom. The molecule has 1 saturated heterocycles. The minimum atomic E-state index is -4.35. The number of alkyl halides is 3. The van der Waals surface area contributed by atoms with E-state index in [1.54, 1.807) is 46.2 Å². The number of aromatic nitrogens is 4. The molecule has 0 saturated carbocycles. The van der Waals surface area contributed by atoms with Crippen LogP contribution >= 0.6 is 0 Å². The van der Waals surface area contributed by atoms with E-state index in [1.165, 1.54) is 7.11 Å². The first-order valence-electron chi connectivity index (χ1n) is 13.2. The van der Waals surface area contributed by atoms with Crippen molar-refractivity contribution >= 4 is 23.2 Å². The third-order valence-corrected chi connectivity index (χ3v) is 6.98. The number of carbonyl (C=O) groups excluding carboxylic acids is 2. The summed E-state index contributed by atoms with van der Waals surface area (Å²) in [6.07, 6.45) is -0.876. The zero-order chi connectivity index (χ0) is 29.0. The van der Waals surface area contributed by atoms with Gasteiger partial charge >= 0.3 is 6.18 Å². The van der Waals surface area contributed by atoms with Crippen LogP contribution in [0.3, 0.4) is 0 Å². The lowest BCUT2D eigenvalue weighted by atomic mass is 10.0. The SMILES string of the molecule is COCC(=O)N1CCN(c2ccc(-c3cnn4c(-c5cccc(CC(=O)CCC(F)(F)F)c5)cnc4c3)cn2)CC1. The third kappa shape index (κ3) is 6.88. The maximum Gasteiger partial charge on any atom is 0.389 e. The van der Waals surface area contributed by atoms with Crippen LogP contribution in [0.25, 0.3) is 28.0 Å². The minimum absolute atomic E-state index is 0.0110. The van der Waals surface area contributed by atoms with Crippen molar-refractivity contribution in [1.82, 2.24) is 24.5 Å². The highest BCUT2D eigenvalue weighted by Gasteiger charge is 2.28. The van der Waals surface area contributed by atoms with Crippen molar-refractivity contribution in [3.63, 3.8) is 0 Å². The lowest BCUT2D eigenvalue weighted by molar-refractivity contribution is -0.143. The predicted octanol–water partition coefficient (Wildman–Crippen LogP) is 4.21. The summed E-state index contributed by atoms with van der Waals surface area (Å²) >= 11 is 0. The fourth-order valence-corrected chi connectivity index (χ4v) is 4.81. The Hall–Kier alpha value is -4.32. The van der Waals surface area contributed by atoms with Gasteiger partial charge < -0.3 is 14.5 Å². The molecule has 4 heterocycles. The summed E-state index contributed by atoms with van der Waals surface area (Å²) < 4.78 is 44.0. The van der Waals surface area contributed by atoms with Gasteiger partial charge in [-0.15, -0.1) is 0 Å². The minimum Gasteiger partial charge on any atom is -0.375 e. The first-order valence-corrected chi connectivity index (χ1v) is 13.2. The largest absolute Gasteiger partial charge is 0.389 e. The molecule has 214 valence electrons. The molecule has 5 rings (SSSR count). The van der Waals surface area contributed by atoms with E-state index in [-0.39, 0.29) is 18.9 Å². The van der Waals surface area contributed by atoms with Gasteiger partial charge in [0, 0.05) is 69.0 Å². The van der Waals surface area contributed by atoms with Crippen LogP contribution in [0.15, 0.2) is 61.1 Å². The molecule has 1 amide bonds. The van der Waals surface area contributed by atoms with E-state index >= 15 is 0 Å². The van der Waals surface area contributed by atoms with Gasteiger partial charge in [0.15, 0.2) is 5.65 Å². The molecule has 0 N–H and O–H groups in total. The number of carbonyl (C=O) groups is 2. The lowest BCUT2D eigenvalue weighted by Crippen LogP contribution is -2.49. The molecule has 1 aromatic carbocycles. The second-order valence-corrected chi connectivity index (χ2v) is 9.89. The Bertz CT molecular complexity index is 1530. The van der Waals surface area contributed by atoms with Crippen molar-refractivity contribution < 1.29 is 27.5 Å². The summed E-state index contributed by atoms with van der Waals surface area (Å²) in [6, 6.07) is 12.9. The van der Waals surface area contributed by atoms with Crippen LogP contribution in [-0.4, -0.2) is 82.2 Å². The maximum atomic E-state index is 12.5. The van der Waals surface area contributed by atoms with E-state index in [0.29, 0.717) is 43.1 Å². The molecule has 0 atom stereocenters. The summed E-state index contributed by atoms with van der Waals surface area (Å²) in [5.41, 5.74) is 4.43. The van der Waals surface area contributed by atoms with Crippen LogP contribution in [-0.2, 0) is 20.7 Å². The number of imidazole rings is 1. The van der Waals surface area contributed by atoms with Crippen molar-refractivity contribution in [2.45, 2.75) is 25.4 Å². The average molecular weight is 567 g/mol. The van der Waals surface area contributed by atoms with Gasteiger partial charge in [-0.25, -0.2) is 14.5 Å². The van der Waals surface area contributed by atoms with Crippen LogP contribution < -0.4 is 4.90 Å². The van der Waals surface area contributed by atoms with Gasteiger partial charge in [-0.2, -0.15) is 18.3 Å². The number of Topliss-reactive ketones (excluding diaryl/α,β-unsaturated/α-hetero) is 1. The van der Waals surface area contributed by atoms with Gasteiger partial charge in [0.25, 0.3) is 0 Å². The number of hydrogen-bond donors (Lipinski definition) is 0. The number of rotatable bonds is 9. The highest BCUT2D eigenvalue weighted by atomic mass is 19.4. The highest BCUT2D eigenvalue weighted by molar-refractivity contribution is 5.81. The zero-order valence-corrected chi connectivity index (χ0v) is 22.5. The number of halogens is 3.